The number of hydrogen-bond acceptors (Lipinski definition) is 6. The van der Waals surface area contributed by atoms with Crippen molar-refractivity contribution in [1.29, 1.82) is 0 Å². The van der Waals surface area contributed by atoms with Crippen LogP contribution in [0.2, 0.25) is 0 Å². The molecule has 1 aromatic heterocycles. The van der Waals surface area contributed by atoms with Gasteiger partial charge in [0.25, 0.3) is 0 Å². The zero-order chi connectivity index (χ0) is 22.9. The van der Waals surface area contributed by atoms with Gasteiger partial charge in [0, 0.05) is 19.0 Å². The van der Waals surface area contributed by atoms with E-state index in [0.717, 1.165) is 54.0 Å². The molecule has 1 atom stereocenters. The first kappa shape index (κ1) is 21.8. The predicted molar refractivity (Wildman–Crippen MR) is 125 cm³/mol. The van der Waals surface area contributed by atoms with E-state index in [2.05, 4.69) is 53.8 Å². The highest BCUT2D eigenvalue weighted by Crippen LogP contribution is 2.41. The van der Waals surface area contributed by atoms with Crippen molar-refractivity contribution in [3.05, 3.63) is 42.1 Å². The summed E-state index contributed by atoms with van der Waals surface area (Å²) in [5.74, 6) is 2.95. The second-order valence-corrected chi connectivity index (χ2v) is 8.52. The van der Waals surface area contributed by atoms with Crippen molar-refractivity contribution < 1.29 is 28.6 Å². The Kier molecular flexibility index (Phi) is 6.00. The summed E-state index contributed by atoms with van der Waals surface area (Å²) in [5, 5.41) is 12.5. The summed E-state index contributed by atoms with van der Waals surface area (Å²) >= 11 is 0. The monoisotopic (exact) mass is 451 g/mol. The van der Waals surface area contributed by atoms with Gasteiger partial charge in [0.05, 0.1) is 18.1 Å². The number of methoxy groups -OCH3 is 1. The number of aliphatic hydroxyl groups excluding tert-OH is 1. The first-order chi connectivity index (χ1) is 16.1. The van der Waals surface area contributed by atoms with Crippen LogP contribution in [0.4, 0.5) is 0 Å². The Bertz CT molecular complexity index is 1180. The van der Waals surface area contributed by atoms with Crippen molar-refractivity contribution in [2.75, 3.05) is 40.1 Å². The molecule has 2 aliphatic heterocycles. The van der Waals surface area contributed by atoms with Crippen LogP contribution in [0.15, 0.2) is 36.5 Å². The summed E-state index contributed by atoms with van der Waals surface area (Å²) < 4.78 is 25.2. The second-order valence-electron chi connectivity index (χ2n) is 8.52. The van der Waals surface area contributed by atoms with Crippen LogP contribution in [0.5, 0.6) is 23.0 Å². The first-order valence-corrected chi connectivity index (χ1v) is 11.6. The van der Waals surface area contributed by atoms with Gasteiger partial charge in [-0.25, -0.2) is 0 Å². The number of rotatable bonds is 8. The maximum atomic E-state index is 10.5. The van der Waals surface area contributed by atoms with Gasteiger partial charge in [0.15, 0.2) is 35.7 Å². The molecule has 7 heteroatoms. The van der Waals surface area contributed by atoms with Crippen LogP contribution in [-0.2, 0) is 13.0 Å². The fraction of sp³-hybridized carbons (Fsp3) is 0.423. The number of ether oxygens (including phenoxy) is 4. The lowest BCUT2D eigenvalue weighted by molar-refractivity contribution is -0.686. The van der Waals surface area contributed by atoms with Gasteiger partial charge in [-0.3, -0.25) is 0 Å². The van der Waals surface area contributed by atoms with Crippen LogP contribution < -0.4 is 23.5 Å². The molecule has 0 aliphatic carbocycles. The first-order valence-electron chi connectivity index (χ1n) is 11.6. The van der Waals surface area contributed by atoms with Gasteiger partial charge in [-0.15, -0.1) is 0 Å². The van der Waals surface area contributed by atoms with Gasteiger partial charge >= 0.3 is 0 Å². The number of pyridine rings is 1. The summed E-state index contributed by atoms with van der Waals surface area (Å²) in [4.78, 5) is 2.18. The van der Waals surface area contributed by atoms with Gasteiger partial charge in [0.1, 0.15) is 12.7 Å². The molecule has 33 heavy (non-hydrogen) atoms. The molecule has 0 bridgehead atoms. The molecule has 5 rings (SSSR count). The van der Waals surface area contributed by atoms with Crippen molar-refractivity contribution in [2.45, 2.75) is 32.9 Å². The van der Waals surface area contributed by atoms with E-state index in [9.17, 15) is 5.11 Å². The number of fused-ring (bicyclic) bond motifs is 5. The van der Waals surface area contributed by atoms with Gasteiger partial charge in [0.2, 0.25) is 12.5 Å². The smallest absolute Gasteiger partial charge is 0.231 e. The van der Waals surface area contributed by atoms with Gasteiger partial charge < -0.3 is 29.0 Å². The normalized spacial score (nSPS) is 14.8. The minimum Gasteiger partial charge on any atom is -0.493 e. The van der Waals surface area contributed by atoms with E-state index < -0.39 is 6.10 Å². The SMILES string of the molecule is CCN(CC)CC(O)COc1c(OC)ccc2cc3[n+](cc12)CCc1cc2c(cc1-3)OCO2. The molecule has 2 aliphatic rings. The largest absolute Gasteiger partial charge is 0.493 e. The van der Waals surface area contributed by atoms with Crippen LogP contribution in [-0.4, -0.2) is 56.3 Å². The number of aliphatic hydroxyl groups is 1. The Morgan fingerprint density at radius 3 is 2.67 bits per heavy atom. The van der Waals surface area contributed by atoms with E-state index >= 15 is 0 Å². The molecular weight excluding hydrogens is 420 g/mol. The Hall–Kier alpha value is -3.03. The molecule has 1 N–H and O–H groups in total. The van der Waals surface area contributed by atoms with E-state index in [1.807, 2.05) is 6.07 Å². The van der Waals surface area contributed by atoms with Crippen LogP contribution in [0.25, 0.3) is 22.0 Å². The molecule has 7 nitrogen and oxygen atoms in total. The maximum Gasteiger partial charge on any atom is 0.231 e. The van der Waals surface area contributed by atoms with E-state index in [1.165, 1.54) is 11.1 Å². The average Bonchev–Trinajstić information content (AvgIpc) is 3.30. The Morgan fingerprint density at radius 2 is 1.91 bits per heavy atom. The van der Waals surface area contributed by atoms with E-state index in [4.69, 9.17) is 18.9 Å². The zero-order valence-corrected chi connectivity index (χ0v) is 19.5. The van der Waals surface area contributed by atoms with E-state index in [0.29, 0.717) is 18.0 Å². The minimum atomic E-state index is -0.577. The Balaban J connectivity index is 1.50. The summed E-state index contributed by atoms with van der Waals surface area (Å²) in [6.07, 6.45) is 2.47. The van der Waals surface area contributed by atoms with Crippen molar-refractivity contribution in [3.63, 3.8) is 0 Å². The van der Waals surface area contributed by atoms with Crippen molar-refractivity contribution in [3.8, 4) is 34.3 Å². The van der Waals surface area contributed by atoms with Crippen molar-refractivity contribution in [1.82, 2.24) is 4.90 Å². The van der Waals surface area contributed by atoms with Crippen LogP contribution in [0, 0.1) is 0 Å². The van der Waals surface area contributed by atoms with Crippen molar-refractivity contribution >= 4 is 10.8 Å². The molecule has 174 valence electrons. The van der Waals surface area contributed by atoms with E-state index in [1.54, 1.807) is 7.11 Å². The topological polar surface area (TPSA) is 64.3 Å². The predicted octanol–water partition coefficient (Wildman–Crippen LogP) is 3.17. The molecule has 3 aromatic rings. The molecule has 0 radical (unpaired) electrons. The van der Waals surface area contributed by atoms with Gasteiger partial charge in [-0.05, 0) is 48.3 Å². The fourth-order valence-electron chi connectivity index (χ4n) is 4.72. The van der Waals surface area contributed by atoms with Gasteiger partial charge in [-0.1, -0.05) is 13.8 Å². The molecule has 0 saturated carbocycles. The van der Waals surface area contributed by atoms with Crippen LogP contribution in [0.1, 0.15) is 19.4 Å². The Labute approximate surface area is 194 Å². The molecule has 0 amide bonds. The number of aryl methyl sites for hydroxylation is 2. The highest BCUT2D eigenvalue weighted by molar-refractivity contribution is 5.91. The molecule has 0 saturated heterocycles. The number of aromatic nitrogens is 1. The third-order valence-electron chi connectivity index (χ3n) is 6.58. The summed E-state index contributed by atoms with van der Waals surface area (Å²) in [6, 6.07) is 10.3. The minimum absolute atomic E-state index is 0.208. The highest BCUT2D eigenvalue weighted by atomic mass is 16.7. The summed E-state index contributed by atoms with van der Waals surface area (Å²) in [7, 11) is 1.64. The third-order valence-corrected chi connectivity index (χ3v) is 6.58. The zero-order valence-electron chi connectivity index (χ0n) is 19.5. The molecular formula is C26H31N2O5+. The number of benzene rings is 2. The van der Waals surface area contributed by atoms with Crippen LogP contribution >= 0.6 is 0 Å². The quantitative estimate of drug-likeness (QED) is 0.531. The number of hydrogen-bond donors (Lipinski definition) is 1. The number of likely N-dealkylation sites (N-methyl/N-ethyl adjacent to an activating group) is 1. The number of nitrogens with zero attached hydrogens (tertiary/aromatic N) is 2. The lowest BCUT2D eigenvalue weighted by Gasteiger charge is -2.22. The third kappa shape index (κ3) is 4.07. The highest BCUT2D eigenvalue weighted by Gasteiger charge is 2.28. The van der Waals surface area contributed by atoms with E-state index in [-0.39, 0.29) is 13.4 Å². The fourth-order valence-corrected chi connectivity index (χ4v) is 4.72. The van der Waals surface area contributed by atoms with Crippen LogP contribution in [0.3, 0.4) is 0 Å². The lowest BCUT2D eigenvalue weighted by Crippen LogP contribution is -2.40. The molecule has 2 aromatic carbocycles. The van der Waals surface area contributed by atoms with Gasteiger partial charge in [-0.2, -0.15) is 4.57 Å². The standard InChI is InChI=1S/C26H31N2O5/c1-4-27(5-2)13-19(29)15-31-26-21-14-28-9-8-18-11-24-25(33-16-32-24)12-20(18)22(28)10-17(21)6-7-23(26)30-3/h6-7,10-12,14,19,29H,4-5,8-9,13,15-16H2,1-3H3/q+1. The molecule has 3 heterocycles. The maximum absolute atomic E-state index is 10.5. The lowest BCUT2D eigenvalue weighted by atomic mass is 9.95. The summed E-state index contributed by atoms with van der Waals surface area (Å²) in [6.45, 7) is 7.91. The molecule has 0 spiro atoms. The molecule has 0 fully saturated rings. The molecule has 1 unspecified atom stereocenters. The van der Waals surface area contributed by atoms with Crippen molar-refractivity contribution in [2.24, 2.45) is 0 Å². The summed E-state index contributed by atoms with van der Waals surface area (Å²) in [5.41, 5.74) is 3.57. The second kappa shape index (κ2) is 9.08. The average molecular weight is 452 g/mol. The Morgan fingerprint density at radius 1 is 1.12 bits per heavy atom.